The van der Waals surface area contributed by atoms with Gasteiger partial charge in [-0.3, -0.25) is 4.55 Å². The molecule has 7 heteroatoms. The molecule has 5 nitrogen and oxygen atoms in total. The molecule has 0 saturated heterocycles. The maximum absolute atomic E-state index is 11.0. The van der Waals surface area contributed by atoms with Crippen molar-refractivity contribution in [2.75, 3.05) is 17.7 Å². The molecule has 1 unspecified atom stereocenters. The molecule has 17 heavy (non-hydrogen) atoms. The molecule has 1 aromatic rings. The summed E-state index contributed by atoms with van der Waals surface area (Å²) in [4.78, 5) is -0.124. The number of aliphatic hydroxyl groups excluding tert-OH is 1. The third-order valence-electron chi connectivity index (χ3n) is 2.17. The Kier molecular flexibility index (Phi) is 4.76. The number of nitrogens with one attached hydrogen (secondary N) is 1. The molecule has 0 amide bonds. The van der Waals surface area contributed by atoms with E-state index in [1.807, 2.05) is 0 Å². The first-order valence-electron chi connectivity index (χ1n) is 4.90. The van der Waals surface area contributed by atoms with Gasteiger partial charge in [-0.05, 0) is 30.7 Å². The van der Waals surface area contributed by atoms with Gasteiger partial charge < -0.3 is 10.4 Å². The van der Waals surface area contributed by atoms with Gasteiger partial charge >= 0.3 is 0 Å². The lowest BCUT2D eigenvalue weighted by atomic mass is 10.2. The summed E-state index contributed by atoms with van der Waals surface area (Å²) in [5.74, 6) is 0.120. The standard InChI is InChI=1S/C10H14ClNO4S/c1-7-4-8(12-6-9(13)5-11)2-3-10(7)17(14,15)16/h2-4,9,12-13H,5-6H2,1H3,(H,14,15,16). The van der Waals surface area contributed by atoms with E-state index in [1.165, 1.54) is 12.1 Å². The van der Waals surface area contributed by atoms with Gasteiger partial charge in [-0.1, -0.05) is 0 Å². The first kappa shape index (κ1) is 14.2. The van der Waals surface area contributed by atoms with Gasteiger partial charge in [0.2, 0.25) is 0 Å². The summed E-state index contributed by atoms with van der Waals surface area (Å²) in [5, 5.41) is 12.1. The van der Waals surface area contributed by atoms with Gasteiger partial charge in [0.05, 0.1) is 16.9 Å². The second kappa shape index (κ2) is 5.68. The van der Waals surface area contributed by atoms with Gasteiger partial charge in [-0.25, -0.2) is 0 Å². The highest BCUT2D eigenvalue weighted by molar-refractivity contribution is 7.85. The van der Waals surface area contributed by atoms with Crippen LogP contribution in [0.25, 0.3) is 0 Å². The van der Waals surface area contributed by atoms with E-state index >= 15 is 0 Å². The third kappa shape index (κ3) is 4.16. The van der Waals surface area contributed by atoms with Crippen LogP contribution in [-0.2, 0) is 10.1 Å². The van der Waals surface area contributed by atoms with E-state index in [9.17, 15) is 13.5 Å². The second-order valence-electron chi connectivity index (χ2n) is 3.64. The number of anilines is 1. The molecule has 0 aliphatic heterocycles. The van der Waals surface area contributed by atoms with Gasteiger partial charge in [0, 0.05) is 12.2 Å². The molecule has 1 rings (SSSR count). The van der Waals surface area contributed by atoms with Gasteiger partial charge in [-0.15, -0.1) is 11.6 Å². The predicted molar refractivity (Wildman–Crippen MR) is 66.2 cm³/mol. The Labute approximate surface area is 105 Å². The maximum atomic E-state index is 11.0. The fourth-order valence-electron chi connectivity index (χ4n) is 1.34. The Balaban J connectivity index is 2.83. The highest BCUT2D eigenvalue weighted by atomic mass is 35.5. The molecule has 96 valence electrons. The molecule has 0 aromatic heterocycles. The van der Waals surface area contributed by atoms with Gasteiger partial charge in [0.25, 0.3) is 10.1 Å². The number of hydrogen-bond acceptors (Lipinski definition) is 4. The Hall–Kier alpha value is -0.820. The van der Waals surface area contributed by atoms with Crippen LogP contribution in [0.4, 0.5) is 5.69 Å². The molecule has 0 aliphatic rings. The SMILES string of the molecule is Cc1cc(NCC(O)CCl)ccc1S(=O)(=O)O. The first-order valence-corrected chi connectivity index (χ1v) is 6.88. The largest absolute Gasteiger partial charge is 0.390 e. The van der Waals surface area contributed by atoms with E-state index in [2.05, 4.69) is 5.32 Å². The molecule has 0 saturated carbocycles. The average molecular weight is 280 g/mol. The van der Waals surface area contributed by atoms with E-state index in [0.717, 1.165) is 0 Å². The summed E-state index contributed by atoms with van der Waals surface area (Å²) < 4.78 is 30.8. The third-order valence-corrected chi connectivity index (χ3v) is 3.54. The van der Waals surface area contributed by atoms with E-state index in [-0.39, 0.29) is 17.3 Å². The fraction of sp³-hybridized carbons (Fsp3) is 0.400. The number of hydrogen-bond donors (Lipinski definition) is 3. The van der Waals surface area contributed by atoms with Crippen LogP contribution in [0.2, 0.25) is 0 Å². The van der Waals surface area contributed by atoms with Crippen molar-refractivity contribution < 1.29 is 18.1 Å². The summed E-state index contributed by atoms with van der Waals surface area (Å²) >= 11 is 5.43. The van der Waals surface area contributed by atoms with Crippen LogP contribution in [0.1, 0.15) is 5.56 Å². The van der Waals surface area contributed by atoms with Crippen molar-refractivity contribution in [3.8, 4) is 0 Å². The zero-order chi connectivity index (χ0) is 13.1. The molecule has 0 spiro atoms. The Bertz CT molecular complexity index is 489. The molecule has 0 radical (unpaired) electrons. The lowest BCUT2D eigenvalue weighted by molar-refractivity contribution is 0.211. The second-order valence-corrected chi connectivity index (χ2v) is 5.34. The summed E-state index contributed by atoms with van der Waals surface area (Å²) in [5.41, 5.74) is 1.08. The Morgan fingerprint density at radius 1 is 1.47 bits per heavy atom. The van der Waals surface area contributed by atoms with Gasteiger partial charge in [0.1, 0.15) is 0 Å². The zero-order valence-electron chi connectivity index (χ0n) is 9.22. The zero-order valence-corrected chi connectivity index (χ0v) is 10.8. The summed E-state index contributed by atoms with van der Waals surface area (Å²) in [6.45, 7) is 1.85. The van der Waals surface area contributed by atoms with Crippen LogP contribution in [0.3, 0.4) is 0 Å². The summed E-state index contributed by atoms with van der Waals surface area (Å²) in [6, 6.07) is 4.39. The number of alkyl halides is 1. The fourth-order valence-corrected chi connectivity index (χ4v) is 2.15. The summed E-state index contributed by atoms with van der Waals surface area (Å²) in [7, 11) is -4.18. The lowest BCUT2D eigenvalue weighted by Crippen LogP contribution is -2.20. The number of rotatable bonds is 5. The highest BCUT2D eigenvalue weighted by Crippen LogP contribution is 2.19. The van der Waals surface area contributed by atoms with Crippen molar-refractivity contribution in [1.82, 2.24) is 0 Å². The van der Waals surface area contributed by atoms with E-state index < -0.39 is 16.2 Å². The van der Waals surface area contributed by atoms with Crippen LogP contribution in [0.5, 0.6) is 0 Å². The highest BCUT2D eigenvalue weighted by Gasteiger charge is 2.13. The lowest BCUT2D eigenvalue weighted by Gasteiger charge is -2.11. The molecule has 0 aliphatic carbocycles. The molecule has 3 N–H and O–H groups in total. The van der Waals surface area contributed by atoms with Crippen LogP contribution in [0.15, 0.2) is 23.1 Å². The van der Waals surface area contributed by atoms with Crippen molar-refractivity contribution in [3.63, 3.8) is 0 Å². The minimum Gasteiger partial charge on any atom is -0.390 e. The monoisotopic (exact) mass is 279 g/mol. The van der Waals surface area contributed by atoms with Crippen molar-refractivity contribution in [3.05, 3.63) is 23.8 Å². The summed E-state index contributed by atoms with van der Waals surface area (Å²) in [6.07, 6.45) is -0.668. The van der Waals surface area contributed by atoms with Crippen molar-refractivity contribution in [2.45, 2.75) is 17.9 Å². The van der Waals surface area contributed by atoms with Crippen LogP contribution >= 0.6 is 11.6 Å². The molecule has 1 aromatic carbocycles. The van der Waals surface area contributed by atoms with Crippen molar-refractivity contribution >= 4 is 27.4 Å². The molecule has 0 bridgehead atoms. The normalized spacial score (nSPS) is 13.4. The predicted octanol–water partition coefficient (Wildman–Crippen LogP) is 1.25. The Morgan fingerprint density at radius 3 is 2.59 bits per heavy atom. The van der Waals surface area contributed by atoms with E-state index in [4.69, 9.17) is 16.2 Å². The minimum atomic E-state index is -4.18. The topological polar surface area (TPSA) is 86.6 Å². The van der Waals surface area contributed by atoms with E-state index in [0.29, 0.717) is 11.3 Å². The average Bonchev–Trinajstić information content (AvgIpc) is 2.24. The quantitative estimate of drug-likeness (QED) is 0.558. The Morgan fingerprint density at radius 2 is 2.12 bits per heavy atom. The van der Waals surface area contributed by atoms with Crippen LogP contribution in [-0.4, -0.2) is 36.6 Å². The van der Waals surface area contributed by atoms with Crippen LogP contribution < -0.4 is 5.32 Å². The van der Waals surface area contributed by atoms with Crippen molar-refractivity contribution in [2.24, 2.45) is 0 Å². The van der Waals surface area contributed by atoms with E-state index in [1.54, 1.807) is 13.0 Å². The molecule has 0 fully saturated rings. The molecular formula is C10H14ClNO4S. The first-order chi connectivity index (χ1) is 7.84. The maximum Gasteiger partial charge on any atom is 0.294 e. The van der Waals surface area contributed by atoms with Crippen LogP contribution in [0, 0.1) is 6.92 Å². The molecule has 0 heterocycles. The van der Waals surface area contributed by atoms with Crippen molar-refractivity contribution in [1.29, 1.82) is 0 Å². The number of benzene rings is 1. The number of halogens is 1. The van der Waals surface area contributed by atoms with Gasteiger partial charge in [-0.2, -0.15) is 8.42 Å². The molecular weight excluding hydrogens is 266 g/mol. The number of aliphatic hydroxyl groups is 1. The molecule has 1 atom stereocenters. The minimum absolute atomic E-state index is 0.120. The smallest absolute Gasteiger partial charge is 0.294 e. The van der Waals surface area contributed by atoms with Gasteiger partial charge in [0.15, 0.2) is 0 Å². The number of aryl methyl sites for hydroxylation is 1.